The minimum atomic E-state index is -0.373. The summed E-state index contributed by atoms with van der Waals surface area (Å²) in [7, 11) is 1.55. The smallest absolute Gasteiger partial charge is 0.267 e. The highest BCUT2D eigenvalue weighted by atomic mass is 32.2. The Labute approximate surface area is 201 Å². The summed E-state index contributed by atoms with van der Waals surface area (Å²) in [6.45, 7) is 1.01. The Kier molecular flexibility index (Phi) is 7.22. The number of para-hydroxylation sites is 1. The molecule has 0 spiro atoms. The van der Waals surface area contributed by atoms with Crippen molar-refractivity contribution in [3.05, 3.63) is 70.6 Å². The first-order valence-corrected chi connectivity index (χ1v) is 11.7. The van der Waals surface area contributed by atoms with E-state index in [0.717, 1.165) is 17.3 Å². The van der Waals surface area contributed by atoms with Crippen molar-refractivity contribution in [1.29, 1.82) is 0 Å². The summed E-state index contributed by atoms with van der Waals surface area (Å²) in [6, 6.07) is 17.0. The van der Waals surface area contributed by atoms with Crippen LogP contribution in [0.15, 0.2) is 59.5 Å². The van der Waals surface area contributed by atoms with Crippen molar-refractivity contribution in [3.8, 4) is 0 Å². The topological polar surface area (TPSA) is 79.0 Å². The number of thiocarbonyl (C=S) groups is 1. The van der Waals surface area contributed by atoms with Crippen LogP contribution in [0.2, 0.25) is 0 Å². The molecule has 4 rings (SSSR count). The molecule has 7 nitrogen and oxygen atoms in total. The van der Waals surface area contributed by atoms with Crippen LogP contribution in [0.25, 0.3) is 5.57 Å². The summed E-state index contributed by atoms with van der Waals surface area (Å²) in [5, 5.41) is 2.88. The maximum Gasteiger partial charge on any atom is 0.267 e. The molecule has 2 aromatic rings. The van der Waals surface area contributed by atoms with E-state index in [1.54, 1.807) is 31.4 Å². The number of rotatable bonds is 8. The highest BCUT2D eigenvalue weighted by molar-refractivity contribution is 8.26. The Morgan fingerprint density at radius 3 is 2.52 bits per heavy atom. The van der Waals surface area contributed by atoms with Crippen molar-refractivity contribution in [1.82, 2.24) is 10.2 Å². The van der Waals surface area contributed by atoms with Gasteiger partial charge < -0.3 is 10.1 Å². The molecule has 0 unspecified atom stereocenters. The second-order valence-corrected chi connectivity index (χ2v) is 9.16. The van der Waals surface area contributed by atoms with Crippen molar-refractivity contribution in [3.63, 3.8) is 0 Å². The highest BCUT2D eigenvalue weighted by Crippen LogP contribution is 2.44. The third kappa shape index (κ3) is 4.85. The number of carbonyl (C=O) groups excluding carboxylic acids is 3. The molecule has 2 aromatic carbocycles. The predicted octanol–water partition coefficient (Wildman–Crippen LogP) is 2.61. The summed E-state index contributed by atoms with van der Waals surface area (Å²) < 4.78 is 5.45. The van der Waals surface area contributed by atoms with Gasteiger partial charge in [-0.15, -0.1) is 0 Å². The van der Waals surface area contributed by atoms with E-state index >= 15 is 0 Å². The molecule has 2 aliphatic rings. The predicted molar refractivity (Wildman–Crippen MR) is 133 cm³/mol. The van der Waals surface area contributed by atoms with Crippen LogP contribution >= 0.6 is 24.0 Å². The molecule has 0 saturated carbocycles. The van der Waals surface area contributed by atoms with E-state index in [-0.39, 0.29) is 24.3 Å². The molecular formula is C24H23N3O4S2. The molecule has 0 radical (unpaired) electrons. The molecule has 0 aromatic heterocycles. The zero-order valence-corrected chi connectivity index (χ0v) is 19.7. The molecule has 9 heteroatoms. The second kappa shape index (κ2) is 10.3. The number of methoxy groups -OCH3 is 1. The monoisotopic (exact) mass is 481 g/mol. The van der Waals surface area contributed by atoms with Gasteiger partial charge in [0.15, 0.2) is 0 Å². The van der Waals surface area contributed by atoms with E-state index < -0.39 is 0 Å². The minimum absolute atomic E-state index is 0.127. The van der Waals surface area contributed by atoms with Crippen LogP contribution in [-0.2, 0) is 25.5 Å². The van der Waals surface area contributed by atoms with Crippen LogP contribution in [-0.4, -0.2) is 60.3 Å². The number of ether oxygens (including phenoxy) is 1. The Balaban J connectivity index is 1.51. The van der Waals surface area contributed by atoms with Gasteiger partial charge >= 0.3 is 0 Å². The summed E-state index contributed by atoms with van der Waals surface area (Å²) in [5.41, 5.74) is 2.66. The van der Waals surface area contributed by atoms with Crippen molar-refractivity contribution in [2.24, 2.45) is 0 Å². The zero-order chi connectivity index (χ0) is 23.4. The fraction of sp³-hybridized carbons (Fsp3) is 0.250. The Bertz CT molecular complexity index is 1130. The summed E-state index contributed by atoms with van der Waals surface area (Å²) in [4.78, 5) is 42.2. The van der Waals surface area contributed by atoms with E-state index in [4.69, 9.17) is 17.0 Å². The molecular weight excluding hydrogens is 458 g/mol. The van der Waals surface area contributed by atoms with Crippen molar-refractivity contribution in [2.75, 3.05) is 38.3 Å². The number of carbonyl (C=O) groups is 3. The first kappa shape index (κ1) is 23.2. The second-order valence-electron chi connectivity index (χ2n) is 7.52. The van der Waals surface area contributed by atoms with Gasteiger partial charge in [-0.05, 0) is 18.1 Å². The van der Waals surface area contributed by atoms with E-state index in [2.05, 4.69) is 5.32 Å². The lowest BCUT2D eigenvalue weighted by Gasteiger charge is -2.17. The van der Waals surface area contributed by atoms with Gasteiger partial charge in [-0.3, -0.25) is 24.2 Å². The molecule has 1 N–H and O–H groups in total. The van der Waals surface area contributed by atoms with Gasteiger partial charge in [0.1, 0.15) is 10.9 Å². The van der Waals surface area contributed by atoms with Crippen LogP contribution in [0.5, 0.6) is 0 Å². The van der Waals surface area contributed by atoms with E-state index in [1.165, 1.54) is 9.80 Å². The third-order valence-corrected chi connectivity index (χ3v) is 6.85. The van der Waals surface area contributed by atoms with Gasteiger partial charge in [-0.25, -0.2) is 0 Å². The quantitative estimate of drug-likeness (QED) is 0.461. The molecule has 0 aliphatic carbocycles. The zero-order valence-electron chi connectivity index (χ0n) is 18.1. The average Bonchev–Trinajstić information content (AvgIpc) is 3.25. The highest BCUT2D eigenvalue weighted by Gasteiger charge is 2.42. The summed E-state index contributed by atoms with van der Waals surface area (Å²) >= 11 is 6.47. The van der Waals surface area contributed by atoms with Crippen LogP contribution in [0, 0.1) is 0 Å². The van der Waals surface area contributed by atoms with Crippen molar-refractivity contribution < 1.29 is 19.1 Å². The van der Waals surface area contributed by atoms with Gasteiger partial charge in [-0.2, -0.15) is 0 Å². The van der Waals surface area contributed by atoms with Crippen LogP contribution in [0.4, 0.5) is 5.69 Å². The first-order valence-electron chi connectivity index (χ1n) is 10.5. The number of amides is 3. The van der Waals surface area contributed by atoms with E-state index in [9.17, 15) is 14.4 Å². The maximum atomic E-state index is 13.4. The molecule has 1 fully saturated rings. The molecule has 33 heavy (non-hydrogen) atoms. The van der Waals surface area contributed by atoms with E-state index in [1.807, 2.05) is 30.3 Å². The van der Waals surface area contributed by atoms with Crippen LogP contribution < -0.4 is 10.2 Å². The molecule has 2 heterocycles. The summed E-state index contributed by atoms with van der Waals surface area (Å²) in [5.74, 6) is -0.945. The normalized spacial score (nSPS) is 17.7. The third-order valence-electron chi connectivity index (χ3n) is 5.40. The number of thioether (sulfide) groups is 1. The lowest BCUT2D eigenvalue weighted by atomic mass is 10.1. The standard InChI is InChI=1S/C24H23N3O4S2/c1-31-14-13-26-23(30)21(33-24(26)32)20-17-9-5-6-10-18(17)27(22(20)29)15-19(28)25-12-11-16-7-3-2-4-8-16/h2-10H,11-15H2,1H3,(H,25,28). The van der Waals surface area contributed by atoms with Crippen molar-refractivity contribution >= 4 is 57.3 Å². The molecule has 0 atom stereocenters. The number of anilines is 1. The average molecular weight is 482 g/mol. The lowest BCUT2D eigenvalue weighted by Crippen LogP contribution is -2.39. The first-order chi connectivity index (χ1) is 16.0. The summed E-state index contributed by atoms with van der Waals surface area (Å²) in [6.07, 6.45) is 0.701. The van der Waals surface area contributed by atoms with E-state index in [0.29, 0.717) is 52.2 Å². The Morgan fingerprint density at radius 2 is 1.76 bits per heavy atom. The molecule has 2 aliphatic heterocycles. The number of hydrogen-bond acceptors (Lipinski definition) is 6. The molecule has 0 bridgehead atoms. The van der Waals surface area contributed by atoms with Gasteiger partial charge in [0, 0.05) is 19.2 Å². The van der Waals surface area contributed by atoms with Crippen LogP contribution in [0.3, 0.4) is 0 Å². The largest absolute Gasteiger partial charge is 0.383 e. The number of hydrogen-bond donors (Lipinski definition) is 1. The van der Waals surface area contributed by atoms with Gasteiger partial charge in [0.2, 0.25) is 5.91 Å². The Morgan fingerprint density at radius 1 is 1.03 bits per heavy atom. The van der Waals surface area contributed by atoms with Crippen molar-refractivity contribution in [2.45, 2.75) is 6.42 Å². The number of nitrogens with one attached hydrogen (secondary N) is 1. The molecule has 3 amide bonds. The van der Waals surface area contributed by atoms with Gasteiger partial charge in [0.05, 0.1) is 29.3 Å². The lowest BCUT2D eigenvalue weighted by molar-refractivity contribution is -0.123. The molecule has 1 saturated heterocycles. The Hall–Kier alpha value is -3.01. The molecule has 170 valence electrons. The van der Waals surface area contributed by atoms with Gasteiger partial charge in [-0.1, -0.05) is 72.5 Å². The number of nitrogens with zero attached hydrogens (tertiary/aromatic N) is 2. The van der Waals surface area contributed by atoms with Gasteiger partial charge in [0.25, 0.3) is 11.8 Å². The fourth-order valence-corrected chi connectivity index (χ4v) is 5.15. The number of benzene rings is 2. The fourth-order valence-electron chi connectivity index (χ4n) is 3.77. The SMILES string of the molecule is COCCN1C(=O)C(=C2C(=O)N(CC(=O)NCCc3ccccc3)c3ccccc32)SC1=S. The minimum Gasteiger partial charge on any atom is -0.383 e. The van der Waals surface area contributed by atoms with Crippen LogP contribution in [0.1, 0.15) is 11.1 Å². The maximum absolute atomic E-state index is 13.4. The number of fused-ring (bicyclic) bond motifs is 1.